The van der Waals surface area contributed by atoms with Crippen molar-refractivity contribution < 1.29 is 9.32 Å². The van der Waals surface area contributed by atoms with E-state index in [1.165, 1.54) is 0 Å². The van der Waals surface area contributed by atoms with Crippen molar-refractivity contribution in [1.82, 2.24) is 24.9 Å². The van der Waals surface area contributed by atoms with E-state index in [-0.39, 0.29) is 11.9 Å². The minimum Gasteiger partial charge on any atom is -0.361 e. The Kier molecular flexibility index (Phi) is 3.50. The number of amides is 1. The average molecular weight is 289 g/mol. The number of carbonyl (C=O) groups is 1. The van der Waals surface area contributed by atoms with Crippen LogP contribution < -0.4 is 0 Å². The van der Waals surface area contributed by atoms with E-state index < -0.39 is 0 Å². The molecule has 1 amide bonds. The highest BCUT2D eigenvalue weighted by atomic mass is 16.5. The van der Waals surface area contributed by atoms with Crippen molar-refractivity contribution in [3.05, 3.63) is 35.2 Å². The Morgan fingerprint density at radius 1 is 1.43 bits per heavy atom. The van der Waals surface area contributed by atoms with Crippen molar-refractivity contribution in [2.75, 3.05) is 26.7 Å². The molecule has 1 saturated heterocycles. The molecule has 2 aromatic rings. The van der Waals surface area contributed by atoms with Crippen LogP contribution in [0.3, 0.4) is 0 Å². The molecule has 1 aliphatic heterocycles. The van der Waals surface area contributed by atoms with Gasteiger partial charge in [0.1, 0.15) is 17.1 Å². The Labute approximate surface area is 122 Å². The molecular formula is C14H19N5O2. The first kappa shape index (κ1) is 13.8. The van der Waals surface area contributed by atoms with Gasteiger partial charge in [-0.3, -0.25) is 9.69 Å². The summed E-state index contributed by atoms with van der Waals surface area (Å²) in [7, 11) is 2.05. The zero-order valence-corrected chi connectivity index (χ0v) is 12.5. The summed E-state index contributed by atoms with van der Waals surface area (Å²) in [5.41, 5.74) is 1.23. The summed E-state index contributed by atoms with van der Waals surface area (Å²) < 4.78 is 5.10. The van der Waals surface area contributed by atoms with E-state index in [1.807, 2.05) is 11.9 Å². The van der Waals surface area contributed by atoms with Gasteiger partial charge in [0.05, 0.1) is 11.7 Å². The molecule has 0 radical (unpaired) electrons. The first-order valence-corrected chi connectivity index (χ1v) is 6.99. The summed E-state index contributed by atoms with van der Waals surface area (Å²) in [5, 5.41) is 3.86. The van der Waals surface area contributed by atoms with Gasteiger partial charge in [-0.05, 0) is 20.9 Å². The quantitative estimate of drug-likeness (QED) is 0.897. The number of aryl methyl sites for hydroxylation is 2. The van der Waals surface area contributed by atoms with Crippen LogP contribution in [-0.2, 0) is 0 Å². The van der Waals surface area contributed by atoms with Crippen LogP contribution in [0.2, 0.25) is 0 Å². The lowest BCUT2D eigenvalue weighted by atomic mass is 10.1. The first-order chi connectivity index (χ1) is 10.1. The highest BCUT2D eigenvalue weighted by Gasteiger charge is 2.32. The Balaban J connectivity index is 1.82. The summed E-state index contributed by atoms with van der Waals surface area (Å²) in [6.07, 6.45) is 3.54. The molecule has 1 atom stereocenters. The number of carbonyl (C=O) groups excluding carboxylic acids is 1. The van der Waals surface area contributed by atoms with Gasteiger partial charge in [0.15, 0.2) is 0 Å². The van der Waals surface area contributed by atoms with Crippen molar-refractivity contribution in [3.63, 3.8) is 0 Å². The minimum absolute atomic E-state index is 0.0177. The molecule has 2 aromatic heterocycles. The molecule has 1 fully saturated rings. The van der Waals surface area contributed by atoms with E-state index in [0.717, 1.165) is 12.4 Å². The molecule has 0 unspecified atom stereocenters. The summed E-state index contributed by atoms with van der Waals surface area (Å²) >= 11 is 0. The SMILES string of the molecule is Cc1noc(C)c1C(=O)N1CCN(C)[C@H](c2ncc[nH]2)C1. The lowest BCUT2D eigenvalue weighted by Gasteiger charge is -2.38. The van der Waals surface area contributed by atoms with Crippen molar-refractivity contribution in [2.45, 2.75) is 19.9 Å². The molecule has 112 valence electrons. The van der Waals surface area contributed by atoms with E-state index >= 15 is 0 Å². The molecule has 0 aliphatic carbocycles. The third kappa shape index (κ3) is 2.44. The van der Waals surface area contributed by atoms with Gasteiger partial charge in [0, 0.05) is 32.0 Å². The maximum Gasteiger partial charge on any atom is 0.259 e. The van der Waals surface area contributed by atoms with Crippen molar-refractivity contribution in [2.24, 2.45) is 0 Å². The van der Waals surface area contributed by atoms with Crippen LogP contribution in [0.4, 0.5) is 0 Å². The zero-order chi connectivity index (χ0) is 15.0. The van der Waals surface area contributed by atoms with E-state index in [1.54, 1.807) is 26.2 Å². The van der Waals surface area contributed by atoms with Crippen LogP contribution in [0.25, 0.3) is 0 Å². The van der Waals surface area contributed by atoms with Crippen LogP contribution in [0.15, 0.2) is 16.9 Å². The van der Waals surface area contributed by atoms with Crippen LogP contribution >= 0.6 is 0 Å². The van der Waals surface area contributed by atoms with E-state index in [0.29, 0.717) is 30.1 Å². The summed E-state index contributed by atoms with van der Waals surface area (Å²) in [5.74, 6) is 1.44. The molecule has 7 heteroatoms. The van der Waals surface area contributed by atoms with Crippen molar-refractivity contribution in [1.29, 1.82) is 0 Å². The normalized spacial score (nSPS) is 20.0. The molecule has 21 heavy (non-hydrogen) atoms. The van der Waals surface area contributed by atoms with Crippen LogP contribution in [0.1, 0.15) is 33.7 Å². The van der Waals surface area contributed by atoms with E-state index in [9.17, 15) is 4.79 Å². The second-order valence-electron chi connectivity index (χ2n) is 5.42. The number of aromatic amines is 1. The van der Waals surface area contributed by atoms with Crippen LogP contribution in [0, 0.1) is 13.8 Å². The molecular weight excluding hydrogens is 270 g/mol. The lowest BCUT2D eigenvalue weighted by molar-refractivity contribution is 0.0532. The van der Waals surface area contributed by atoms with E-state index in [4.69, 9.17) is 4.52 Å². The number of nitrogens with one attached hydrogen (secondary N) is 1. The fraction of sp³-hybridized carbons (Fsp3) is 0.500. The van der Waals surface area contributed by atoms with Gasteiger partial charge in [0.25, 0.3) is 5.91 Å². The summed E-state index contributed by atoms with van der Waals surface area (Å²) in [6.45, 7) is 5.67. The Hall–Kier alpha value is -2.15. The van der Waals surface area contributed by atoms with E-state index in [2.05, 4.69) is 20.0 Å². The van der Waals surface area contributed by atoms with Crippen LogP contribution in [0.5, 0.6) is 0 Å². The number of likely N-dealkylation sites (N-methyl/N-ethyl adjacent to an activating group) is 1. The van der Waals surface area contributed by atoms with Gasteiger partial charge in [-0.1, -0.05) is 5.16 Å². The number of imidazole rings is 1. The monoisotopic (exact) mass is 289 g/mol. The van der Waals surface area contributed by atoms with Crippen molar-refractivity contribution >= 4 is 5.91 Å². The predicted octanol–water partition coefficient (Wildman–Crippen LogP) is 1.14. The number of piperazine rings is 1. The number of H-pyrrole nitrogens is 1. The second kappa shape index (κ2) is 5.33. The molecule has 0 bridgehead atoms. The third-order valence-electron chi connectivity index (χ3n) is 4.02. The molecule has 0 aromatic carbocycles. The topological polar surface area (TPSA) is 78.3 Å². The largest absolute Gasteiger partial charge is 0.361 e. The third-order valence-corrected chi connectivity index (χ3v) is 4.02. The van der Waals surface area contributed by atoms with Crippen LogP contribution in [-0.4, -0.2) is 57.5 Å². The lowest BCUT2D eigenvalue weighted by Crippen LogP contribution is -2.49. The smallest absolute Gasteiger partial charge is 0.259 e. The summed E-state index contributed by atoms with van der Waals surface area (Å²) in [6, 6.07) is 0.0816. The van der Waals surface area contributed by atoms with Crippen molar-refractivity contribution in [3.8, 4) is 0 Å². The summed E-state index contributed by atoms with van der Waals surface area (Å²) in [4.78, 5) is 24.2. The molecule has 1 N–H and O–H groups in total. The fourth-order valence-corrected chi connectivity index (χ4v) is 2.76. The van der Waals surface area contributed by atoms with Gasteiger partial charge >= 0.3 is 0 Å². The number of nitrogens with zero attached hydrogens (tertiary/aromatic N) is 4. The molecule has 3 heterocycles. The molecule has 1 aliphatic rings. The molecule has 7 nitrogen and oxygen atoms in total. The fourth-order valence-electron chi connectivity index (χ4n) is 2.76. The maximum absolute atomic E-state index is 12.7. The maximum atomic E-state index is 12.7. The van der Waals surface area contributed by atoms with Gasteiger partial charge in [-0.25, -0.2) is 4.98 Å². The zero-order valence-electron chi connectivity index (χ0n) is 12.5. The number of rotatable bonds is 2. The van der Waals surface area contributed by atoms with Gasteiger partial charge in [-0.15, -0.1) is 0 Å². The van der Waals surface area contributed by atoms with Gasteiger partial charge < -0.3 is 14.4 Å². The molecule has 0 spiro atoms. The Bertz CT molecular complexity index is 614. The number of aromatic nitrogens is 3. The Morgan fingerprint density at radius 2 is 2.24 bits per heavy atom. The highest BCUT2D eigenvalue weighted by Crippen LogP contribution is 2.24. The molecule has 0 saturated carbocycles. The average Bonchev–Trinajstić information content (AvgIpc) is 3.09. The number of hydrogen-bond acceptors (Lipinski definition) is 5. The number of hydrogen-bond donors (Lipinski definition) is 1. The van der Waals surface area contributed by atoms with Gasteiger partial charge in [-0.2, -0.15) is 0 Å². The standard InChI is InChI=1S/C14H19N5O2/c1-9-12(10(2)21-17-9)14(20)19-7-6-18(3)11(8-19)13-15-4-5-16-13/h4-5,11H,6-8H2,1-3H3,(H,15,16)/t11-/m0/s1. The minimum atomic E-state index is -0.0177. The molecule has 3 rings (SSSR count). The highest BCUT2D eigenvalue weighted by molar-refractivity contribution is 5.96. The predicted molar refractivity (Wildman–Crippen MR) is 75.8 cm³/mol. The second-order valence-corrected chi connectivity index (χ2v) is 5.42. The van der Waals surface area contributed by atoms with Gasteiger partial charge in [0.2, 0.25) is 0 Å². The first-order valence-electron chi connectivity index (χ1n) is 6.99. The Morgan fingerprint density at radius 3 is 2.86 bits per heavy atom.